The molecule has 0 heterocycles. The van der Waals surface area contributed by atoms with Crippen LogP contribution in [0.4, 0.5) is 4.79 Å². The van der Waals surface area contributed by atoms with Crippen LogP contribution in [-0.4, -0.2) is 73.4 Å². The molecule has 1 aromatic carbocycles. The molecule has 1 aromatic rings. The van der Waals surface area contributed by atoms with Crippen molar-refractivity contribution in [1.82, 2.24) is 21.3 Å². The lowest BCUT2D eigenvalue weighted by Gasteiger charge is -2.25. The second-order valence-electron chi connectivity index (χ2n) is 9.82. The van der Waals surface area contributed by atoms with Crippen LogP contribution in [0.3, 0.4) is 0 Å². The van der Waals surface area contributed by atoms with Crippen LogP contribution in [0, 0.1) is 5.92 Å². The normalized spacial score (nSPS) is 13.7. The van der Waals surface area contributed by atoms with E-state index in [0.717, 1.165) is 5.56 Å². The van der Waals surface area contributed by atoms with Crippen LogP contribution in [0.25, 0.3) is 0 Å². The first-order valence-electron chi connectivity index (χ1n) is 11.9. The molecule has 4 amide bonds. The van der Waals surface area contributed by atoms with Crippen LogP contribution in [-0.2, 0) is 25.5 Å². The van der Waals surface area contributed by atoms with E-state index < -0.39 is 54.1 Å². The molecular weight excluding hydrogens is 468 g/mol. The van der Waals surface area contributed by atoms with Crippen LogP contribution < -0.4 is 26.0 Å². The van der Waals surface area contributed by atoms with E-state index in [-0.39, 0.29) is 18.8 Å². The number of ether oxygens (including phenoxy) is 2. The highest BCUT2D eigenvalue weighted by atomic mass is 16.6. The molecule has 0 saturated heterocycles. The number of amides is 4. The first kappa shape index (κ1) is 30.7. The molecule has 0 saturated carbocycles. The Morgan fingerprint density at radius 3 is 2.03 bits per heavy atom. The van der Waals surface area contributed by atoms with Crippen LogP contribution >= 0.6 is 0 Å². The van der Waals surface area contributed by atoms with Crippen molar-refractivity contribution in [3.8, 4) is 5.75 Å². The molecule has 0 radical (unpaired) electrons. The quantitative estimate of drug-likeness (QED) is 0.281. The first-order chi connectivity index (χ1) is 16.7. The zero-order chi connectivity index (χ0) is 27.5. The molecule has 1 unspecified atom stereocenters. The molecule has 11 heteroatoms. The average Bonchev–Trinajstić information content (AvgIpc) is 2.80. The summed E-state index contributed by atoms with van der Waals surface area (Å²) in [5.74, 6) is -1.10. The van der Waals surface area contributed by atoms with Gasteiger partial charge in [0.05, 0.1) is 13.7 Å². The van der Waals surface area contributed by atoms with E-state index in [1.807, 2.05) is 13.8 Å². The summed E-state index contributed by atoms with van der Waals surface area (Å²) in [5.41, 5.74) is 0.0722. The third-order valence-electron chi connectivity index (χ3n) is 4.96. The van der Waals surface area contributed by atoms with Gasteiger partial charge in [0.25, 0.3) is 5.91 Å². The molecule has 0 aliphatic heterocycles. The molecular formula is C25H40N4O7. The van der Waals surface area contributed by atoms with Gasteiger partial charge < -0.3 is 35.8 Å². The minimum Gasteiger partial charge on any atom is -0.497 e. The van der Waals surface area contributed by atoms with Gasteiger partial charge in [-0.2, -0.15) is 0 Å². The van der Waals surface area contributed by atoms with Gasteiger partial charge in [0, 0.05) is 13.5 Å². The molecule has 0 aliphatic carbocycles. The highest BCUT2D eigenvalue weighted by Crippen LogP contribution is 2.13. The number of carbonyl (C=O) groups excluding carboxylic acids is 4. The Bertz CT molecular complexity index is 881. The number of rotatable bonds is 12. The Kier molecular flexibility index (Phi) is 12.2. The van der Waals surface area contributed by atoms with Gasteiger partial charge in [0.1, 0.15) is 29.5 Å². The summed E-state index contributed by atoms with van der Waals surface area (Å²) in [5, 5.41) is 20.3. The third kappa shape index (κ3) is 11.4. The van der Waals surface area contributed by atoms with E-state index in [2.05, 4.69) is 21.3 Å². The number of hydrogen-bond acceptors (Lipinski definition) is 7. The topological polar surface area (TPSA) is 155 Å². The smallest absolute Gasteiger partial charge is 0.407 e. The fourth-order valence-electron chi connectivity index (χ4n) is 3.21. The lowest BCUT2D eigenvalue weighted by atomic mass is 10.0. The minimum atomic E-state index is -1.60. The SMILES string of the molecule is CNC(=O)[C@H](Cc1ccc(OC)cc1)NC(=O)[C@H](CC(C)C)NC(=O)C(O)CNC(=O)OC(C)(C)C. The summed E-state index contributed by atoms with van der Waals surface area (Å²) in [4.78, 5) is 49.9. The maximum atomic E-state index is 13.1. The fourth-order valence-corrected chi connectivity index (χ4v) is 3.21. The summed E-state index contributed by atoms with van der Waals surface area (Å²) < 4.78 is 10.2. The van der Waals surface area contributed by atoms with Crippen molar-refractivity contribution < 1.29 is 33.8 Å². The van der Waals surface area contributed by atoms with E-state index in [1.165, 1.54) is 7.05 Å². The number of nitrogens with one attached hydrogen (secondary N) is 4. The maximum absolute atomic E-state index is 13.1. The van der Waals surface area contributed by atoms with Crippen molar-refractivity contribution in [1.29, 1.82) is 0 Å². The van der Waals surface area contributed by atoms with Gasteiger partial charge in [0.2, 0.25) is 11.8 Å². The second-order valence-corrected chi connectivity index (χ2v) is 9.82. The molecule has 1 rings (SSSR count). The summed E-state index contributed by atoms with van der Waals surface area (Å²) in [7, 11) is 3.02. The Labute approximate surface area is 212 Å². The summed E-state index contributed by atoms with van der Waals surface area (Å²) in [6.45, 7) is 8.42. The van der Waals surface area contributed by atoms with E-state index in [4.69, 9.17) is 9.47 Å². The van der Waals surface area contributed by atoms with Crippen molar-refractivity contribution in [3.05, 3.63) is 29.8 Å². The maximum Gasteiger partial charge on any atom is 0.407 e. The predicted octanol–water partition coefficient (Wildman–Crippen LogP) is 0.885. The molecule has 11 nitrogen and oxygen atoms in total. The van der Waals surface area contributed by atoms with Gasteiger partial charge in [-0.1, -0.05) is 26.0 Å². The lowest BCUT2D eigenvalue weighted by molar-refractivity contribution is -0.135. The van der Waals surface area contributed by atoms with Crippen molar-refractivity contribution in [2.24, 2.45) is 5.92 Å². The van der Waals surface area contributed by atoms with E-state index in [9.17, 15) is 24.3 Å². The molecule has 0 aliphatic rings. The van der Waals surface area contributed by atoms with Crippen LogP contribution in [0.2, 0.25) is 0 Å². The number of alkyl carbamates (subject to hydrolysis) is 1. The lowest BCUT2D eigenvalue weighted by Crippen LogP contribution is -2.56. The van der Waals surface area contributed by atoms with Crippen molar-refractivity contribution in [3.63, 3.8) is 0 Å². The summed E-state index contributed by atoms with van der Waals surface area (Å²) in [6.07, 6.45) is -1.89. The van der Waals surface area contributed by atoms with Crippen molar-refractivity contribution in [2.75, 3.05) is 20.7 Å². The Morgan fingerprint density at radius 2 is 1.53 bits per heavy atom. The number of aliphatic hydroxyl groups excluding tert-OH is 1. The summed E-state index contributed by atoms with van der Waals surface area (Å²) >= 11 is 0. The number of benzene rings is 1. The van der Waals surface area contributed by atoms with Gasteiger partial charge in [0.15, 0.2) is 0 Å². The van der Waals surface area contributed by atoms with Crippen molar-refractivity contribution in [2.45, 2.75) is 71.2 Å². The first-order valence-corrected chi connectivity index (χ1v) is 11.9. The average molecular weight is 509 g/mol. The number of carbonyl (C=O) groups is 4. The summed E-state index contributed by atoms with van der Waals surface area (Å²) in [6, 6.07) is 5.21. The van der Waals surface area contributed by atoms with E-state index in [1.54, 1.807) is 52.1 Å². The number of likely N-dealkylation sites (N-methyl/N-ethyl adjacent to an activating group) is 1. The predicted molar refractivity (Wildman–Crippen MR) is 134 cm³/mol. The Balaban J connectivity index is 2.85. The van der Waals surface area contributed by atoms with E-state index >= 15 is 0 Å². The number of hydrogen-bond donors (Lipinski definition) is 5. The molecule has 3 atom stereocenters. The zero-order valence-electron chi connectivity index (χ0n) is 22.1. The van der Waals surface area contributed by atoms with Crippen LogP contribution in [0.1, 0.15) is 46.6 Å². The Hall–Kier alpha value is -3.34. The Morgan fingerprint density at radius 1 is 0.944 bits per heavy atom. The molecule has 5 N–H and O–H groups in total. The van der Waals surface area contributed by atoms with E-state index in [0.29, 0.717) is 5.75 Å². The molecule has 0 bridgehead atoms. The van der Waals surface area contributed by atoms with Gasteiger partial charge in [-0.15, -0.1) is 0 Å². The monoisotopic (exact) mass is 508 g/mol. The highest BCUT2D eigenvalue weighted by Gasteiger charge is 2.29. The van der Waals surface area contributed by atoms with Gasteiger partial charge in [-0.3, -0.25) is 14.4 Å². The van der Waals surface area contributed by atoms with Crippen LogP contribution in [0.5, 0.6) is 5.75 Å². The third-order valence-corrected chi connectivity index (χ3v) is 4.96. The molecule has 202 valence electrons. The fraction of sp³-hybridized carbons (Fsp3) is 0.600. The van der Waals surface area contributed by atoms with Gasteiger partial charge in [-0.05, 0) is 50.8 Å². The second kappa shape index (κ2) is 14.3. The zero-order valence-corrected chi connectivity index (χ0v) is 22.1. The van der Waals surface area contributed by atoms with Crippen molar-refractivity contribution >= 4 is 23.8 Å². The molecule has 0 aromatic heterocycles. The largest absolute Gasteiger partial charge is 0.497 e. The van der Waals surface area contributed by atoms with Crippen LogP contribution in [0.15, 0.2) is 24.3 Å². The number of methoxy groups -OCH3 is 1. The van der Waals surface area contributed by atoms with Gasteiger partial charge in [-0.25, -0.2) is 4.79 Å². The number of aliphatic hydroxyl groups is 1. The standard InChI is InChI=1S/C25H40N4O7/c1-15(2)12-18(29-23(33)20(30)14-27-24(34)36-25(3,4)5)22(32)28-19(21(31)26-6)13-16-8-10-17(35-7)11-9-16/h8-11,15,18-20,30H,12-14H2,1-7H3,(H,26,31)(H,27,34)(H,28,32)(H,29,33)/t18-,19-,20?/m0/s1. The highest BCUT2D eigenvalue weighted by molar-refractivity contribution is 5.93. The molecule has 36 heavy (non-hydrogen) atoms. The minimum absolute atomic E-state index is 0.0260. The molecule has 0 fully saturated rings. The molecule has 0 spiro atoms. The van der Waals surface area contributed by atoms with Gasteiger partial charge >= 0.3 is 6.09 Å².